The first-order valence-corrected chi connectivity index (χ1v) is 12.3. The van der Waals surface area contributed by atoms with Crippen molar-refractivity contribution < 1.29 is 18.1 Å². The van der Waals surface area contributed by atoms with E-state index in [0.717, 1.165) is 0 Å². The molecule has 11 heteroatoms. The number of nitro groups is 1. The Bertz CT molecular complexity index is 1340. The number of rotatable bonds is 6. The molecule has 1 amide bonds. The van der Waals surface area contributed by atoms with Gasteiger partial charge in [-0.15, -0.1) is 11.3 Å². The largest absolute Gasteiger partial charge is 0.298 e. The number of carbonyl (C=O) groups is 1. The van der Waals surface area contributed by atoms with Gasteiger partial charge in [0.15, 0.2) is 5.13 Å². The zero-order valence-corrected chi connectivity index (χ0v) is 20.4. The monoisotopic (exact) mass is 488 g/mol. The van der Waals surface area contributed by atoms with Gasteiger partial charge in [0, 0.05) is 33.7 Å². The number of nitrogens with one attached hydrogen (secondary N) is 2. The second-order valence-corrected chi connectivity index (χ2v) is 11.1. The van der Waals surface area contributed by atoms with E-state index in [2.05, 4.69) is 15.0 Å². The zero-order valence-electron chi connectivity index (χ0n) is 18.8. The lowest BCUT2D eigenvalue weighted by Crippen LogP contribution is -2.40. The number of thiazole rings is 1. The summed E-state index contributed by atoms with van der Waals surface area (Å²) in [6, 6.07) is 9.17. The Labute approximate surface area is 196 Å². The van der Waals surface area contributed by atoms with E-state index in [1.165, 1.54) is 29.5 Å². The summed E-state index contributed by atoms with van der Waals surface area (Å²) in [7, 11) is -3.81. The van der Waals surface area contributed by atoms with Crippen LogP contribution in [0, 0.1) is 24.0 Å². The summed E-state index contributed by atoms with van der Waals surface area (Å²) in [5.41, 5.74) is 1.71. The number of benzene rings is 2. The predicted octanol–water partition coefficient (Wildman–Crippen LogP) is 4.66. The van der Waals surface area contributed by atoms with Gasteiger partial charge in [-0.3, -0.25) is 20.2 Å². The number of anilines is 1. The van der Waals surface area contributed by atoms with E-state index in [0.29, 0.717) is 27.5 Å². The van der Waals surface area contributed by atoms with E-state index >= 15 is 0 Å². The number of hydrogen-bond donors (Lipinski definition) is 2. The van der Waals surface area contributed by atoms with Gasteiger partial charge in [-0.1, -0.05) is 18.2 Å². The number of aromatic nitrogens is 1. The Morgan fingerprint density at radius 1 is 1.09 bits per heavy atom. The Hall–Kier alpha value is -3.15. The highest BCUT2D eigenvalue weighted by atomic mass is 32.2. The molecule has 0 bridgehead atoms. The minimum atomic E-state index is -3.81. The van der Waals surface area contributed by atoms with Crippen molar-refractivity contribution in [1.29, 1.82) is 0 Å². The number of sulfonamides is 1. The summed E-state index contributed by atoms with van der Waals surface area (Å²) in [6.45, 7) is 8.56. The number of aryl methyl sites for hydroxylation is 2. The van der Waals surface area contributed by atoms with Crippen LogP contribution in [0.5, 0.6) is 0 Å². The van der Waals surface area contributed by atoms with Crippen molar-refractivity contribution in [3.63, 3.8) is 0 Å². The van der Waals surface area contributed by atoms with Gasteiger partial charge in [0.05, 0.1) is 15.5 Å². The third kappa shape index (κ3) is 5.81. The van der Waals surface area contributed by atoms with Crippen LogP contribution in [0.25, 0.3) is 11.3 Å². The lowest BCUT2D eigenvalue weighted by molar-refractivity contribution is -0.385. The normalized spacial score (nSPS) is 11.9. The van der Waals surface area contributed by atoms with E-state index in [1.807, 2.05) is 0 Å². The highest BCUT2D eigenvalue weighted by Crippen LogP contribution is 2.30. The van der Waals surface area contributed by atoms with Crippen LogP contribution >= 0.6 is 11.3 Å². The lowest BCUT2D eigenvalue weighted by atomic mass is 10.1. The van der Waals surface area contributed by atoms with Gasteiger partial charge >= 0.3 is 0 Å². The Morgan fingerprint density at radius 3 is 2.39 bits per heavy atom. The number of nitro benzene ring substituents is 1. The van der Waals surface area contributed by atoms with Crippen molar-refractivity contribution in [2.24, 2.45) is 0 Å². The summed E-state index contributed by atoms with van der Waals surface area (Å²) in [4.78, 5) is 28.0. The number of amides is 1. The molecule has 0 unspecified atom stereocenters. The zero-order chi connectivity index (χ0) is 24.6. The van der Waals surface area contributed by atoms with Crippen LogP contribution in [0.3, 0.4) is 0 Å². The summed E-state index contributed by atoms with van der Waals surface area (Å²) in [5.74, 6) is -0.504. The van der Waals surface area contributed by atoms with Gasteiger partial charge in [-0.25, -0.2) is 18.1 Å². The van der Waals surface area contributed by atoms with Crippen molar-refractivity contribution in [1.82, 2.24) is 9.71 Å². The van der Waals surface area contributed by atoms with Crippen molar-refractivity contribution in [3.8, 4) is 11.3 Å². The van der Waals surface area contributed by atoms with Crippen LogP contribution in [-0.2, 0) is 10.0 Å². The van der Waals surface area contributed by atoms with E-state index < -0.39 is 26.4 Å². The minimum absolute atomic E-state index is 0.0106. The molecule has 0 aliphatic rings. The topological polar surface area (TPSA) is 131 Å². The molecule has 33 heavy (non-hydrogen) atoms. The van der Waals surface area contributed by atoms with Gasteiger partial charge < -0.3 is 0 Å². The van der Waals surface area contributed by atoms with E-state index in [-0.39, 0.29) is 16.1 Å². The highest BCUT2D eigenvalue weighted by Gasteiger charge is 2.24. The van der Waals surface area contributed by atoms with Crippen LogP contribution in [0.2, 0.25) is 0 Å². The van der Waals surface area contributed by atoms with Crippen LogP contribution < -0.4 is 10.0 Å². The smallest absolute Gasteiger partial charge is 0.272 e. The number of nitrogens with zero attached hydrogens (tertiary/aromatic N) is 2. The number of hydrogen-bond acceptors (Lipinski definition) is 7. The first-order chi connectivity index (χ1) is 15.3. The van der Waals surface area contributed by atoms with Crippen LogP contribution in [-0.4, -0.2) is 29.8 Å². The van der Waals surface area contributed by atoms with Crippen molar-refractivity contribution in [2.75, 3.05) is 5.32 Å². The quantitative estimate of drug-likeness (QED) is 0.383. The van der Waals surface area contributed by atoms with Crippen molar-refractivity contribution in [2.45, 2.75) is 45.1 Å². The van der Waals surface area contributed by atoms with Crippen LogP contribution in [0.1, 0.15) is 42.3 Å². The second kappa shape index (κ2) is 9.00. The summed E-state index contributed by atoms with van der Waals surface area (Å²) in [5, 5.41) is 15.9. The Balaban J connectivity index is 1.85. The Morgan fingerprint density at radius 2 is 1.76 bits per heavy atom. The fraction of sp³-hybridized carbons (Fsp3) is 0.273. The predicted molar refractivity (Wildman–Crippen MR) is 128 cm³/mol. The molecule has 0 radical (unpaired) electrons. The van der Waals surface area contributed by atoms with Gasteiger partial charge in [0.1, 0.15) is 0 Å². The summed E-state index contributed by atoms with van der Waals surface area (Å²) >= 11 is 1.17. The maximum Gasteiger partial charge on any atom is 0.272 e. The summed E-state index contributed by atoms with van der Waals surface area (Å²) < 4.78 is 27.9. The molecule has 0 saturated carbocycles. The molecule has 9 nitrogen and oxygen atoms in total. The third-order valence-corrected chi connectivity index (χ3v) is 7.14. The standard InChI is InChI=1S/C22H24N4O5S2/c1-13-7-9-16(33(30,31)25-22(3,4)5)11-17(13)20(27)24-21-23-18(12-32-21)15-8-6-14(2)19(10-15)26(28)29/h6-12,25H,1-5H3,(H,23,24,27). The fourth-order valence-corrected chi connectivity index (χ4v) is 5.23. The average Bonchev–Trinajstić information content (AvgIpc) is 3.14. The Kier molecular flexibility index (Phi) is 6.68. The van der Waals surface area contributed by atoms with E-state index in [4.69, 9.17) is 0 Å². The molecule has 3 aromatic rings. The van der Waals surface area contributed by atoms with Gasteiger partial charge in [-0.05, 0) is 52.3 Å². The molecule has 0 aliphatic heterocycles. The van der Waals surface area contributed by atoms with Gasteiger partial charge in [-0.2, -0.15) is 0 Å². The SMILES string of the molecule is Cc1ccc(S(=O)(=O)NC(C)(C)C)cc1C(=O)Nc1nc(-c2ccc(C)c([N+](=O)[O-])c2)cs1. The first-order valence-electron chi connectivity index (χ1n) is 9.94. The van der Waals surface area contributed by atoms with E-state index in [9.17, 15) is 23.3 Å². The molecule has 174 valence electrons. The average molecular weight is 489 g/mol. The molecule has 1 aromatic heterocycles. The number of carbonyl (C=O) groups excluding carboxylic acids is 1. The van der Waals surface area contributed by atoms with Crippen LogP contribution in [0.15, 0.2) is 46.7 Å². The highest BCUT2D eigenvalue weighted by molar-refractivity contribution is 7.89. The molecular weight excluding hydrogens is 464 g/mol. The lowest BCUT2D eigenvalue weighted by Gasteiger charge is -2.20. The molecule has 0 saturated heterocycles. The van der Waals surface area contributed by atoms with Crippen molar-refractivity contribution in [3.05, 3.63) is 68.6 Å². The maximum absolute atomic E-state index is 12.9. The van der Waals surface area contributed by atoms with Crippen LogP contribution in [0.4, 0.5) is 10.8 Å². The van der Waals surface area contributed by atoms with Gasteiger partial charge in [0.25, 0.3) is 11.6 Å². The van der Waals surface area contributed by atoms with Crippen molar-refractivity contribution >= 4 is 38.1 Å². The molecular formula is C22H24N4O5S2. The molecule has 1 heterocycles. The third-order valence-electron chi connectivity index (χ3n) is 4.63. The first kappa shape index (κ1) is 24.5. The molecule has 0 atom stereocenters. The molecule has 2 aromatic carbocycles. The molecule has 3 rings (SSSR count). The fourth-order valence-electron chi connectivity index (χ4n) is 3.07. The molecule has 0 spiro atoms. The minimum Gasteiger partial charge on any atom is -0.298 e. The van der Waals surface area contributed by atoms with E-state index in [1.54, 1.807) is 58.2 Å². The second-order valence-electron chi connectivity index (χ2n) is 8.58. The molecule has 0 aliphatic carbocycles. The maximum atomic E-state index is 12.9. The summed E-state index contributed by atoms with van der Waals surface area (Å²) in [6.07, 6.45) is 0. The molecule has 0 fully saturated rings. The molecule has 2 N–H and O–H groups in total. The van der Waals surface area contributed by atoms with Gasteiger partial charge in [0.2, 0.25) is 10.0 Å².